The summed E-state index contributed by atoms with van der Waals surface area (Å²) in [5.41, 5.74) is 1.48. The van der Waals surface area contributed by atoms with Gasteiger partial charge >= 0.3 is 0 Å². The quantitative estimate of drug-likeness (QED) is 0.707. The molecule has 134 valence electrons. The lowest BCUT2D eigenvalue weighted by Crippen LogP contribution is -2.31. The first-order valence-corrected chi connectivity index (χ1v) is 8.58. The highest BCUT2D eigenvalue weighted by molar-refractivity contribution is 5.92. The number of nitrogens with zero attached hydrogens (tertiary/aromatic N) is 3. The maximum Gasteiger partial charge on any atom is 0.272 e. The van der Waals surface area contributed by atoms with Crippen molar-refractivity contribution in [3.05, 3.63) is 77.9 Å². The smallest absolute Gasteiger partial charge is 0.272 e. The summed E-state index contributed by atoms with van der Waals surface area (Å²) >= 11 is 0. The Bertz CT molecular complexity index is 815. The van der Waals surface area contributed by atoms with Crippen molar-refractivity contribution in [1.29, 1.82) is 0 Å². The third-order valence-corrected chi connectivity index (χ3v) is 4.00. The summed E-state index contributed by atoms with van der Waals surface area (Å²) in [5.74, 6) is 1.16. The maximum atomic E-state index is 12.2. The molecule has 1 amide bonds. The fourth-order valence-corrected chi connectivity index (χ4v) is 2.58. The Morgan fingerprint density at radius 1 is 1.08 bits per heavy atom. The van der Waals surface area contributed by atoms with Gasteiger partial charge in [0, 0.05) is 12.6 Å². The van der Waals surface area contributed by atoms with Gasteiger partial charge in [0.15, 0.2) is 11.5 Å². The molecule has 3 aromatic rings. The Morgan fingerprint density at radius 3 is 2.50 bits per heavy atom. The van der Waals surface area contributed by atoms with E-state index in [0.29, 0.717) is 12.3 Å². The molecule has 0 aliphatic heterocycles. The van der Waals surface area contributed by atoms with Crippen LogP contribution in [0.25, 0.3) is 0 Å². The SMILES string of the molecule is CC(C)N(Cc1ccccc1)c1ccc(C(=O)NCc2ccco2)nn1. The van der Waals surface area contributed by atoms with E-state index in [-0.39, 0.29) is 17.6 Å². The molecule has 26 heavy (non-hydrogen) atoms. The molecule has 0 unspecified atom stereocenters. The van der Waals surface area contributed by atoms with E-state index < -0.39 is 0 Å². The normalized spacial score (nSPS) is 10.7. The molecule has 0 fully saturated rings. The molecule has 1 N–H and O–H groups in total. The van der Waals surface area contributed by atoms with Crippen molar-refractivity contribution in [3.63, 3.8) is 0 Å². The summed E-state index contributed by atoms with van der Waals surface area (Å²) in [4.78, 5) is 14.3. The third kappa shape index (κ3) is 4.47. The van der Waals surface area contributed by atoms with E-state index >= 15 is 0 Å². The lowest BCUT2D eigenvalue weighted by atomic mass is 10.2. The Morgan fingerprint density at radius 2 is 1.88 bits per heavy atom. The summed E-state index contributed by atoms with van der Waals surface area (Å²) < 4.78 is 5.20. The highest BCUT2D eigenvalue weighted by Gasteiger charge is 2.15. The van der Waals surface area contributed by atoms with Crippen molar-refractivity contribution in [2.75, 3.05) is 4.90 Å². The van der Waals surface area contributed by atoms with Gasteiger partial charge in [0.05, 0.1) is 12.8 Å². The van der Waals surface area contributed by atoms with E-state index in [1.807, 2.05) is 24.3 Å². The van der Waals surface area contributed by atoms with Crippen LogP contribution in [0.4, 0.5) is 5.82 Å². The number of aromatic nitrogens is 2. The van der Waals surface area contributed by atoms with Crippen molar-refractivity contribution in [1.82, 2.24) is 15.5 Å². The topological polar surface area (TPSA) is 71.3 Å². The Hall–Kier alpha value is -3.15. The van der Waals surface area contributed by atoms with Gasteiger partial charge in [-0.15, -0.1) is 10.2 Å². The minimum absolute atomic E-state index is 0.253. The van der Waals surface area contributed by atoms with Crippen molar-refractivity contribution in [3.8, 4) is 0 Å². The summed E-state index contributed by atoms with van der Waals surface area (Å²) in [5, 5.41) is 11.1. The van der Waals surface area contributed by atoms with Crippen molar-refractivity contribution < 1.29 is 9.21 Å². The molecule has 0 aliphatic rings. The zero-order valence-corrected chi connectivity index (χ0v) is 14.9. The average Bonchev–Trinajstić information content (AvgIpc) is 3.18. The van der Waals surface area contributed by atoms with Crippen LogP contribution in [0.2, 0.25) is 0 Å². The second-order valence-corrected chi connectivity index (χ2v) is 6.25. The first-order valence-electron chi connectivity index (χ1n) is 8.58. The minimum atomic E-state index is -0.278. The summed E-state index contributed by atoms with van der Waals surface area (Å²) in [6, 6.07) is 17.6. The van der Waals surface area contributed by atoms with Gasteiger partial charge < -0.3 is 14.6 Å². The number of hydrogen-bond acceptors (Lipinski definition) is 5. The first-order chi connectivity index (χ1) is 12.6. The number of furan rings is 1. The van der Waals surface area contributed by atoms with Gasteiger partial charge in [-0.2, -0.15) is 0 Å². The number of carbonyl (C=O) groups excluding carboxylic acids is 1. The van der Waals surface area contributed by atoms with Crippen LogP contribution in [0.5, 0.6) is 0 Å². The molecular weight excluding hydrogens is 328 g/mol. The van der Waals surface area contributed by atoms with E-state index in [0.717, 1.165) is 12.4 Å². The number of anilines is 1. The first kappa shape index (κ1) is 17.7. The van der Waals surface area contributed by atoms with E-state index in [1.54, 1.807) is 24.5 Å². The Balaban J connectivity index is 1.67. The molecule has 0 aliphatic carbocycles. The standard InChI is InChI=1S/C20H22N4O2/c1-15(2)24(14-16-7-4-3-5-8-16)19-11-10-18(22-23-19)20(25)21-13-17-9-6-12-26-17/h3-12,15H,13-14H2,1-2H3,(H,21,25). The van der Waals surface area contributed by atoms with E-state index in [1.165, 1.54) is 5.56 Å². The lowest BCUT2D eigenvalue weighted by Gasteiger charge is -2.27. The molecule has 0 atom stereocenters. The van der Waals surface area contributed by atoms with Crippen LogP contribution in [0.1, 0.15) is 35.7 Å². The number of carbonyl (C=O) groups is 1. The molecule has 0 saturated carbocycles. The molecule has 2 aromatic heterocycles. The van der Waals surface area contributed by atoms with Crippen molar-refractivity contribution >= 4 is 11.7 Å². The second kappa shape index (κ2) is 8.29. The van der Waals surface area contributed by atoms with E-state index in [9.17, 15) is 4.79 Å². The fourth-order valence-electron chi connectivity index (χ4n) is 2.58. The Kier molecular flexibility index (Phi) is 5.63. The molecule has 3 rings (SSSR count). The zero-order chi connectivity index (χ0) is 18.4. The summed E-state index contributed by atoms with van der Waals surface area (Å²) in [6.07, 6.45) is 1.57. The Labute approximate surface area is 152 Å². The lowest BCUT2D eigenvalue weighted by molar-refractivity contribution is 0.0942. The highest BCUT2D eigenvalue weighted by atomic mass is 16.3. The number of benzene rings is 1. The van der Waals surface area contributed by atoms with Crippen LogP contribution in [0.3, 0.4) is 0 Å². The molecular formula is C20H22N4O2. The molecule has 6 nitrogen and oxygen atoms in total. The van der Waals surface area contributed by atoms with Crippen LogP contribution in [0, 0.1) is 0 Å². The monoisotopic (exact) mass is 350 g/mol. The highest BCUT2D eigenvalue weighted by Crippen LogP contribution is 2.17. The van der Waals surface area contributed by atoms with Crippen LogP contribution in [-0.4, -0.2) is 22.1 Å². The molecule has 0 saturated heterocycles. The van der Waals surface area contributed by atoms with Crippen LogP contribution >= 0.6 is 0 Å². The minimum Gasteiger partial charge on any atom is -0.467 e. The van der Waals surface area contributed by atoms with Crippen molar-refractivity contribution in [2.24, 2.45) is 0 Å². The molecule has 2 heterocycles. The average molecular weight is 350 g/mol. The van der Waals surface area contributed by atoms with Crippen molar-refractivity contribution in [2.45, 2.75) is 33.0 Å². The van der Waals surface area contributed by atoms with Gasteiger partial charge in [-0.3, -0.25) is 4.79 Å². The van der Waals surface area contributed by atoms with Crippen LogP contribution < -0.4 is 10.2 Å². The summed E-state index contributed by atoms with van der Waals surface area (Å²) in [6.45, 7) is 5.27. The third-order valence-electron chi connectivity index (χ3n) is 4.00. The fraction of sp³-hybridized carbons (Fsp3) is 0.250. The van der Waals surface area contributed by atoms with Gasteiger partial charge in [-0.25, -0.2) is 0 Å². The van der Waals surface area contributed by atoms with E-state index in [4.69, 9.17) is 4.42 Å². The number of nitrogens with one attached hydrogen (secondary N) is 1. The maximum absolute atomic E-state index is 12.2. The van der Waals surface area contributed by atoms with Gasteiger partial charge in [0.2, 0.25) is 0 Å². The predicted octanol–water partition coefficient (Wildman–Crippen LogP) is 3.41. The molecule has 1 aromatic carbocycles. The predicted molar refractivity (Wildman–Crippen MR) is 99.7 cm³/mol. The number of amides is 1. The summed E-state index contributed by atoms with van der Waals surface area (Å²) in [7, 11) is 0. The largest absolute Gasteiger partial charge is 0.467 e. The molecule has 0 bridgehead atoms. The van der Waals surface area contributed by atoms with Crippen LogP contribution in [-0.2, 0) is 13.1 Å². The van der Waals surface area contributed by atoms with E-state index in [2.05, 4.69) is 46.4 Å². The van der Waals surface area contributed by atoms with Gasteiger partial charge in [0.1, 0.15) is 5.76 Å². The number of hydrogen-bond donors (Lipinski definition) is 1. The van der Waals surface area contributed by atoms with Gasteiger partial charge in [-0.05, 0) is 43.7 Å². The molecule has 6 heteroatoms. The molecule has 0 spiro atoms. The second-order valence-electron chi connectivity index (χ2n) is 6.25. The zero-order valence-electron chi connectivity index (χ0n) is 14.9. The van der Waals surface area contributed by atoms with Gasteiger partial charge in [-0.1, -0.05) is 30.3 Å². The van der Waals surface area contributed by atoms with Gasteiger partial charge in [0.25, 0.3) is 5.91 Å². The van der Waals surface area contributed by atoms with Crippen LogP contribution in [0.15, 0.2) is 65.3 Å². The molecule has 0 radical (unpaired) electrons. The number of rotatable bonds is 7.